The summed E-state index contributed by atoms with van der Waals surface area (Å²) in [5.41, 5.74) is -1.18. The van der Waals surface area contributed by atoms with Gasteiger partial charge in [-0.3, -0.25) is 4.79 Å². The van der Waals surface area contributed by atoms with Gasteiger partial charge in [-0.25, -0.2) is 8.78 Å². The van der Waals surface area contributed by atoms with Crippen molar-refractivity contribution in [2.75, 3.05) is 0 Å². The zero-order chi connectivity index (χ0) is 11.6. The molecule has 0 aliphatic carbocycles. The summed E-state index contributed by atoms with van der Waals surface area (Å²) >= 11 is 0. The summed E-state index contributed by atoms with van der Waals surface area (Å²) in [7, 11) is 0. The molecule has 0 unspecified atom stereocenters. The van der Waals surface area contributed by atoms with E-state index in [0.717, 1.165) is 19.1 Å². The fourth-order valence-electron chi connectivity index (χ4n) is 1.30. The summed E-state index contributed by atoms with van der Waals surface area (Å²) in [6.45, 7) is 1.10. The first-order valence-corrected chi connectivity index (χ1v) is 4.03. The number of alkyl halides is 2. The van der Waals surface area contributed by atoms with Crippen LogP contribution >= 0.6 is 0 Å². The van der Waals surface area contributed by atoms with E-state index < -0.39 is 23.5 Å². The molecule has 15 heavy (non-hydrogen) atoms. The second-order valence-electron chi connectivity index (χ2n) is 2.93. The third kappa shape index (κ3) is 2.10. The highest BCUT2D eigenvalue weighted by molar-refractivity contribution is 5.98. The van der Waals surface area contributed by atoms with Gasteiger partial charge in [-0.1, -0.05) is 0 Å². The Hall–Kier alpha value is -1.96. The Labute approximate surface area is 84.6 Å². The van der Waals surface area contributed by atoms with Gasteiger partial charge in [0.25, 0.3) is 6.43 Å². The maximum atomic E-state index is 12.5. The van der Waals surface area contributed by atoms with Crippen molar-refractivity contribution in [3.05, 3.63) is 28.8 Å². The minimum Gasteiger partial charge on any atom is -0.508 e. The molecule has 0 radical (unpaired) electrons. The van der Waals surface area contributed by atoms with Gasteiger partial charge in [0.05, 0.1) is 5.56 Å². The number of phenols is 1. The summed E-state index contributed by atoms with van der Waals surface area (Å²) in [5.74, 6) is -1.08. The highest BCUT2D eigenvalue weighted by Gasteiger charge is 2.20. The van der Waals surface area contributed by atoms with E-state index in [-0.39, 0.29) is 11.1 Å². The van der Waals surface area contributed by atoms with Crippen molar-refractivity contribution in [1.82, 2.24) is 0 Å². The van der Waals surface area contributed by atoms with Crippen LogP contribution in [0.1, 0.15) is 34.8 Å². The Kier molecular flexibility index (Phi) is 3.00. The van der Waals surface area contributed by atoms with Gasteiger partial charge >= 0.3 is 0 Å². The molecule has 0 aromatic heterocycles. The van der Waals surface area contributed by atoms with Crippen LogP contribution in [-0.4, -0.2) is 10.9 Å². The van der Waals surface area contributed by atoms with E-state index in [1.54, 1.807) is 6.07 Å². The SMILES string of the molecule is CC(=O)c1c(C#N)cc(O)cc1C(F)F. The number of hydrogen-bond donors (Lipinski definition) is 1. The Morgan fingerprint density at radius 3 is 2.53 bits per heavy atom. The number of Topliss-reactive ketones (excluding diaryl/α,β-unsaturated/α-hetero) is 1. The predicted octanol–water partition coefficient (Wildman–Crippen LogP) is 2.40. The maximum absolute atomic E-state index is 12.5. The number of carbonyl (C=O) groups excluding carboxylic acids is 1. The number of hydrogen-bond acceptors (Lipinski definition) is 3. The highest BCUT2D eigenvalue weighted by Crippen LogP contribution is 2.29. The van der Waals surface area contributed by atoms with E-state index in [0.29, 0.717) is 0 Å². The molecule has 0 heterocycles. The molecule has 0 fully saturated rings. The molecule has 0 saturated heterocycles. The average Bonchev–Trinajstić information content (AvgIpc) is 2.15. The molecule has 0 amide bonds. The second kappa shape index (κ2) is 4.05. The number of carbonyl (C=O) groups is 1. The normalized spacial score (nSPS) is 10.1. The molecule has 0 spiro atoms. The van der Waals surface area contributed by atoms with Crippen LogP contribution in [0.4, 0.5) is 8.78 Å². The fraction of sp³-hybridized carbons (Fsp3) is 0.200. The number of rotatable bonds is 2. The third-order valence-electron chi connectivity index (χ3n) is 1.86. The minimum atomic E-state index is -2.90. The molecule has 1 aromatic carbocycles. The van der Waals surface area contributed by atoms with Crippen LogP contribution < -0.4 is 0 Å². The number of nitriles is 1. The van der Waals surface area contributed by atoms with Crippen LogP contribution in [0.25, 0.3) is 0 Å². The van der Waals surface area contributed by atoms with E-state index in [4.69, 9.17) is 10.4 Å². The first-order chi connectivity index (χ1) is 6.97. The lowest BCUT2D eigenvalue weighted by molar-refractivity contribution is 0.0998. The van der Waals surface area contributed by atoms with Gasteiger partial charge in [0.1, 0.15) is 11.8 Å². The average molecular weight is 211 g/mol. The van der Waals surface area contributed by atoms with Crippen LogP contribution in [-0.2, 0) is 0 Å². The molecule has 1 rings (SSSR count). The van der Waals surface area contributed by atoms with E-state index in [9.17, 15) is 13.6 Å². The molecule has 1 N–H and O–H groups in total. The number of aromatic hydroxyl groups is 1. The lowest BCUT2D eigenvalue weighted by atomic mass is 9.98. The molecule has 3 nitrogen and oxygen atoms in total. The van der Waals surface area contributed by atoms with Gasteiger partial charge in [0, 0.05) is 11.1 Å². The summed E-state index contributed by atoms with van der Waals surface area (Å²) in [6, 6.07) is 3.38. The summed E-state index contributed by atoms with van der Waals surface area (Å²) in [4.78, 5) is 11.1. The van der Waals surface area contributed by atoms with Crippen molar-refractivity contribution < 1.29 is 18.7 Å². The third-order valence-corrected chi connectivity index (χ3v) is 1.86. The van der Waals surface area contributed by atoms with Crippen molar-refractivity contribution in [2.45, 2.75) is 13.3 Å². The zero-order valence-corrected chi connectivity index (χ0v) is 7.79. The van der Waals surface area contributed by atoms with E-state index >= 15 is 0 Å². The number of halogens is 2. The van der Waals surface area contributed by atoms with Gasteiger partial charge in [-0.2, -0.15) is 5.26 Å². The second-order valence-corrected chi connectivity index (χ2v) is 2.93. The molecular weight excluding hydrogens is 204 g/mol. The van der Waals surface area contributed by atoms with Crippen LogP contribution in [0.2, 0.25) is 0 Å². The van der Waals surface area contributed by atoms with Crippen molar-refractivity contribution in [1.29, 1.82) is 5.26 Å². The number of phenolic OH excluding ortho intramolecular Hbond substituents is 1. The van der Waals surface area contributed by atoms with Crippen molar-refractivity contribution in [2.24, 2.45) is 0 Å². The highest BCUT2D eigenvalue weighted by atomic mass is 19.3. The minimum absolute atomic E-state index is 0.238. The Balaban J connectivity index is 3.56. The molecule has 78 valence electrons. The Morgan fingerprint density at radius 1 is 1.53 bits per heavy atom. The van der Waals surface area contributed by atoms with Crippen LogP contribution in [0.15, 0.2) is 12.1 Å². The number of nitrogens with zero attached hydrogens (tertiary/aromatic N) is 1. The van der Waals surface area contributed by atoms with Crippen molar-refractivity contribution in [3.8, 4) is 11.8 Å². The first kappa shape index (κ1) is 11.1. The van der Waals surface area contributed by atoms with Gasteiger partial charge in [-0.15, -0.1) is 0 Å². The summed E-state index contributed by atoms with van der Waals surface area (Å²) in [6.07, 6.45) is -2.90. The number of ketones is 1. The Bertz CT molecular complexity index is 449. The van der Waals surface area contributed by atoms with Gasteiger partial charge in [0.2, 0.25) is 0 Å². The van der Waals surface area contributed by atoms with E-state index in [1.165, 1.54) is 0 Å². The molecule has 0 saturated carbocycles. The van der Waals surface area contributed by atoms with Gasteiger partial charge in [-0.05, 0) is 19.1 Å². The first-order valence-electron chi connectivity index (χ1n) is 4.03. The largest absolute Gasteiger partial charge is 0.508 e. The topological polar surface area (TPSA) is 61.1 Å². The fourth-order valence-corrected chi connectivity index (χ4v) is 1.30. The van der Waals surface area contributed by atoms with Crippen LogP contribution in [0.3, 0.4) is 0 Å². The molecule has 0 bridgehead atoms. The lowest BCUT2D eigenvalue weighted by Crippen LogP contribution is -2.03. The van der Waals surface area contributed by atoms with E-state index in [1.807, 2.05) is 0 Å². The van der Waals surface area contributed by atoms with Crippen molar-refractivity contribution >= 4 is 5.78 Å². The molecular formula is C10H7F2NO2. The maximum Gasteiger partial charge on any atom is 0.264 e. The molecule has 0 aliphatic rings. The lowest BCUT2D eigenvalue weighted by Gasteiger charge is -2.08. The molecule has 5 heteroatoms. The smallest absolute Gasteiger partial charge is 0.264 e. The zero-order valence-electron chi connectivity index (χ0n) is 7.79. The van der Waals surface area contributed by atoms with Crippen LogP contribution in [0.5, 0.6) is 5.75 Å². The monoisotopic (exact) mass is 211 g/mol. The predicted molar refractivity (Wildman–Crippen MR) is 47.8 cm³/mol. The van der Waals surface area contributed by atoms with Gasteiger partial charge < -0.3 is 5.11 Å². The summed E-state index contributed by atoms with van der Waals surface area (Å²) in [5, 5.41) is 17.7. The summed E-state index contributed by atoms with van der Waals surface area (Å²) < 4.78 is 25.0. The number of benzene rings is 1. The molecule has 0 aliphatic heterocycles. The Morgan fingerprint density at radius 2 is 2.13 bits per heavy atom. The quantitative estimate of drug-likeness (QED) is 0.764. The van der Waals surface area contributed by atoms with Gasteiger partial charge in [0.15, 0.2) is 5.78 Å². The molecule has 0 atom stereocenters. The standard InChI is InChI=1S/C10H7F2NO2/c1-5(14)9-6(4-13)2-7(15)3-8(9)10(11)12/h2-3,10,15H,1H3. The van der Waals surface area contributed by atoms with E-state index in [2.05, 4.69) is 0 Å². The molecule has 1 aromatic rings. The van der Waals surface area contributed by atoms with Crippen LogP contribution in [0, 0.1) is 11.3 Å². The van der Waals surface area contributed by atoms with Crippen molar-refractivity contribution in [3.63, 3.8) is 0 Å².